The van der Waals surface area contributed by atoms with Gasteiger partial charge in [-0.1, -0.05) is 91.0 Å². The number of hydrogen-bond donors (Lipinski definition) is 5. The van der Waals surface area contributed by atoms with Crippen molar-refractivity contribution in [2.45, 2.75) is 81.2 Å². The SMILES string of the molecule is OC[C@H]1O[C@@H](OC[C@H]2O[C@H](O)[C@H](OCc3ccccc3)[C@@H](OCc3ccccc3)[C@H]2OCc2ccccc2)[C@@H](O)[C@H](O)[C@H]1O. The van der Waals surface area contributed by atoms with Crippen LogP contribution in [0.25, 0.3) is 0 Å². The molecule has 2 aliphatic rings. The van der Waals surface area contributed by atoms with Crippen molar-refractivity contribution in [2.75, 3.05) is 13.2 Å². The van der Waals surface area contributed by atoms with Gasteiger partial charge in [0.15, 0.2) is 12.6 Å². The van der Waals surface area contributed by atoms with E-state index in [1.54, 1.807) is 0 Å². The number of hydrogen-bond acceptors (Lipinski definition) is 11. The van der Waals surface area contributed by atoms with Crippen LogP contribution in [-0.4, -0.2) is 100 Å². The summed E-state index contributed by atoms with van der Waals surface area (Å²) in [6.07, 6.45) is -12.2. The zero-order valence-corrected chi connectivity index (χ0v) is 24.2. The summed E-state index contributed by atoms with van der Waals surface area (Å²) in [5, 5.41) is 51.6. The van der Waals surface area contributed by atoms with Crippen LogP contribution in [-0.2, 0) is 48.2 Å². The summed E-state index contributed by atoms with van der Waals surface area (Å²) in [6, 6.07) is 28.6. The summed E-state index contributed by atoms with van der Waals surface area (Å²) in [7, 11) is 0. The van der Waals surface area contributed by atoms with E-state index in [4.69, 9.17) is 28.4 Å². The fraction of sp³-hybridized carbons (Fsp3) is 0.455. The topological polar surface area (TPSA) is 157 Å². The second-order valence-electron chi connectivity index (χ2n) is 10.9. The van der Waals surface area contributed by atoms with Gasteiger partial charge in [0, 0.05) is 0 Å². The molecule has 0 bridgehead atoms. The van der Waals surface area contributed by atoms with E-state index < -0.39 is 68.0 Å². The molecule has 5 rings (SSSR count). The molecule has 2 saturated heterocycles. The van der Waals surface area contributed by atoms with E-state index >= 15 is 0 Å². The minimum absolute atomic E-state index is 0.189. The molecule has 3 aromatic carbocycles. The van der Waals surface area contributed by atoms with Crippen LogP contribution in [0.4, 0.5) is 0 Å². The van der Waals surface area contributed by atoms with Crippen LogP contribution < -0.4 is 0 Å². The van der Waals surface area contributed by atoms with E-state index in [-0.39, 0.29) is 26.4 Å². The minimum Gasteiger partial charge on any atom is -0.394 e. The average Bonchev–Trinajstić information content (AvgIpc) is 3.06. The summed E-state index contributed by atoms with van der Waals surface area (Å²) >= 11 is 0. The second kappa shape index (κ2) is 16.0. The van der Waals surface area contributed by atoms with Gasteiger partial charge in [0.05, 0.1) is 33.0 Å². The highest BCUT2D eigenvalue weighted by Crippen LogP contribution is 2.31. The molecular weight excluding hydrogens is 572 g/mol. The zero-order valence-electron chi connectivity index (χ0n) is 24.2. The Morgan fingerprint density at radius 2 is 0.977 bits per heavy atom. The summed E-state index contributed by atoms with van der Waals surface area (Å²) in [5.74, 6) is 0. The Morgan fingerprint density at radius 1 is 0.500 bits per heavy atom. The maximum absolute atomic E-state index is 11.2. The molecule has 0 radical (unpaired) electrons. The van der Waals surface area contributed by atoms with Crippen LogP contribution in [0.2, 0.25) is 0 Å². The van der Waals surface area contributed by atoms with Crippen LogP contribution in [0.3, 0.4) is 0 Å². The number of aliphatic hydroxyl groups excluding tert-OH is 5. The van der Waals surface area contributed by atoms with Gasteiger partial charge in [0.2, 0.25) is 0 Å². The Bertz CT molecular complexity index is 1230. The third-order valence-corrected chi connectivity index (χ3v) is 7.74. The summed E-state index contributed by atoms with van der Waals surface area (Å²) in [4.78, 5) is 0. The molecule has 0 aliphatic carbocycles. The van der Waals surface area contributed by atoms with Crippen LogP contribution in [0.1, 0.15) is 16.7 Å². The van der Waals surface area contributed by atoms with E-state index in [1.807, 2.05) is 91.0 Å². The van der Waals surface area contributed by atoms with Gasteiger partial charge in [0.25, 0.3) is 0 Å². The lowest BCUT2D eigenvalue weighted by atomic mass is 9.97. The van der Waals surface area contributed by atoms with Crippen LogP contribution in [0.5, 0.6) is 0 Å². The number of benzene rings is 3. The molecule has 44 heavy (non-hydrogen) atoms. The highest BCUT2D eigenvalue weighted by atomic mass is 16.7. The smallest absolute Gasteiger partial charge is 0.186 e. The van der Waals surface area contributed by atoms with Crippen molar-refractivity contribution >= 4 is 0 Å². The fourth-order valence-corrected chi connectivity index (χ4v) is 5.29. The Balaban J connectivity index is 1.38. The maximum Gasteiger partial charge on any atom is 0.186 e. The van der Waals surface area contributed by atoms with Gasteiger partial charge in [-0.15, -0.1) is 0 Å². The van der Waals surface area contributed by atoms with Crippen molar-refractivity contribution in [3.05, 3.63) is 108 Å². The quantitative estimate of drug-likeness (QED) is 0.190. The van der Waals surface area contributed by atoms with Crippen molar-refractivity contribution < 1.29 is 54.0 Å². The molecule has 2 heterocycles. The molecule has 2 aliphatic heterocycles. The average molecular weight is 613 g/mol. The van der Waals surface area contributed by atoms with Gasteiger partial charge in [-0.25, -0.2) is 0 Å². The molecule has 0 saturated carbocycles. The summed E-state index contributed by atoms with van der Waals surface area (Å²) in [6.45, 7) is -0.264. The lowest BCUT2D eigenvalue weighted by Crippen LogP contribution is -2.62. The number of ether oxygens (including phenoxy) is 6. The van der Waals surface area contributed by atoms with Crippen molar-refractivity contribution in [1.82, 2.24) is 0 Å². The first-order chi connectivity index (χ1) is 21.4. The first-order valence-corrected chi connectivity index (χ1v) is 14.7. The van der Waals surface area contributed by atoms with Gasteiger partial charge in [0.1, 0.15) is 48.8 Å². The van der Waals surface area contributed by atoms with Gasteiger partial charge in [-0.05, 0) is 16.7 Å². The summed E-state index contributed by atoms with van der Waals surface area (Å²) < 4.78 is 36.4. The normalized spacial score (nSPS) is 32.4. The van der Waals surface area contributed by atoms with E-state index in [1.165, 1.54) is 0 Å². The minimum atomic E-state index is -1.60. The molecule has 11 heteroatoms. The second-order valence-corrected chi connectivity index (χ2v) is 10.9. The van der Waals surface area contributed by atoms with E-state index in [9.17, 15) is 25.5 Å². The Hall–Kier alpha value is -2.78. The predicted molar refractivity (Wildman–Crippen MR) is 156 cm³/mol. The molecule has 0 unspecified atom stereocenters. The fourth-order valence-electron chi connectivity index (χ4n) is 5.29. The molecule has 5 N–H and O–H groups in total. The van der Waals surface area contributed by atoms with Crippen LogP contribution in [0.15, 0.2) is 91.0 Å². The lowest BCUT2D eigenvalue weighted by molar-refractivity contribution is -0.338. The Morgan fingerprint density at radius 3 is 1.48 bits per heavy atom. The van der Waals surface area contributed by atoms with Crippen molar-refractivity contribution in [3.8, 4) is 0 Å². The Kier molecular flexibility index (Phi) is 11.8. The van der Waals surface area contributed by atoms with Crippen molar-refractivity contribution in [2.24, 2.45) is 0 Å². The first kappa shape index (κ1) is 32.6. The van der Waals surface area contributed by atoms with Crippen molar-refractivity contribution in [1.29, 1.82) is 0 Å². The zero-order chi connectivity index (χ0) is 30.9. The molecule has 3 aromatic rings. The highest BCUT2D eigenvalue weighted by molar-refractivity contribution is 5.15. The molecule has 0 spiro atoms. The molecule has 10 atom stereocenters. The third kappa shape index (κ3) is 8.27. The molecule has 0 amide bonds. The van der Waals surface area contributed by atoms with E-state index in [0.29, 0.717) is 0 Å². The summed E-state index contributed by atoms with van der Waals surface area (Å²) in [5.41, 5.74) is 2.71. The molecule has 11 nitrogen and oxygen atoms in total. The van der Waals surface area contributed by atoms with E-state index in [2.05, 4.69) is 0 Å². The molecule has 0 aromatic heterocycles. The van der Waals surface area contributed by atoms with E-state index in [0.717, 1.165) is 16.7 Å². The Labute approximate surface area is 256 Å². The molecule has 238 valence electrons. The highest BCUT2D eigenvalue weighted by Gasteiger charge is 2.49. The van der Waals surface area contributed by atoms with Gasteiger partial charge >= 0.3 is 0 Å². The predicted octanol–water partition coefficient (Wildman–Crippen LogP) is 1.28. The monoisotopic (exact) mass is 612 g/mol. The van der Waals surface area contributed by atoms with Crippen LogP contribution in [0, 0.1) is 0 Å². The lowest BCUT2D eigenvalue weighted by Gasteiger charge is -2.45. The largest absolute Gasteiger partial charge is 0.394 e. The van der Waals surface area contributed by atoms with Gasteiger partial charge in [-0.3, -0.25) is 0 Å². The third-order valence-electron chi connectivity index (χ3n) is 7.74. The standard InChI is InChI=1S/C33H40O11/c34-16-24-26(35)27(36)28(37)33(44-24)42-20-25-29(39-17-21-10-4-1-5-11-21)30(40-18-22-12-6-2-7-13-22)31(32(38)43-25)41-19-23-14-8-3-9-15-23/h1-15,24-38H,16-20H2/t24-,25-,26+,27-,28+,29+,30+,31-,32+,33-/m1/s1. The number of rotatable bonds is 13. The van der Waals surface area contributed by atoms with Crippen molar-refractivity contribution in [3.63, 3.8) is 0 Å². The molecule has 2 fully saturated rings. The van der Waals surface area contributed by atoms with Gasteiger partial charge < -0.3 is 54.0 Å². The molecular formula is C33H40O11. The first-order valence-electron chi connectivity index (χ1n) is 14.7. The maximum atomic E-state index is 11.2. The number of aliphatic hydroxyl groups is 5. The van der Waals surface area contributed by atoms with Gasteiger partial charge in [-0.2, -0.15) is 0 Å². The van der Waals surface area contributed by atoms with Crippen LogP contribution >= 0.6 is 0 Å².